The Morgan fingerprint density at radius 3 is 2.63 bits per heavy atom. The van der Waals surface area contributed by atoms with Gasteiger partial charge in [-0.3, -0.25) is 0 Å². The van der Waals surface area contributed by atoms with E-state index in [1.165, 1.54) is 18.9 Å². The van der Waals surface area contributed by atoms with Crippen molar-refractivity contribution in [3.05, 3.63) is 35.6 Å². The monoisotopic (exact) mass is 264 g/mol. The van der Waals surface area contributed by atoms with Crippen LogP contribution in [0.2, 0.25) is 0 Å². The predicted octanol–water partition coefficient (Wildman–Crippen LogP) is 3.02. The highest BCUT2D eigenvalue weighted by Gasteiger charge is 2.39. The van der Waals surface area contributed by atoms with E-state index in [2.05, 4.69) is 18.7 Å². The predicted molar refractivity (Wildman–Crippen MR) is 77.2 cm³/mol. The minimum absolute atomic E-state index is 0.120. The SMILES string of the molecule is CN(Cc1ccccc1F)CC1CCC(C)(C)C1N. The van der Waals surface area contributed by atoms with Gasteiger partial charge in [0.05, 0.1) is 0 Å². The highest BCUT2D eigenvalue weighted by molar-refractivity contribution is 5.17. The second-order valence-electron chi connectivity index (χ2n) is 6.60. The summed E-state index contributed by atoms with van der Waals surface area (Å²) >= 11 is 0. The maximum absolute atomic E-state index is 13.6. The van der Waals surface area contributed by atoms with Crippen molar-refractivity contribution in [1.29, 1.82) is 0 Å². The highest BCUT2D eigenvalue weighted by atomic mass is 19.1. The highest BCUT2D eigenvalue weighted by Crippen LogP contribution is 2.40. The first kappa shape index (κ1) is 14.5. The first-order chi connectivity index (χ1) is 8.90. The normalized spacial score (nSPS) is 26.0. The first-order valence-corrected chi connectivity index (χ1v) is 7.07. The molecule has 0 aliphatic heterocycles. The van der Waals surface area contributed by atoms with Crippen molar-refractivity contribution >= 4 is 0 Å². The van der Waals surface area contributed by atoms with Gasteiger partial charge < -0.3 is 10.6 Å². The Kier molecular flexibility index (Phi) is 4.26. The molecule has 2 nitrogen and oxygen atoms in total. The lowest BCUT2D eigenvalue weighted by Crippen LogP contribution is -2.41. The van der Waals surface area contributed by atoms with Crippen molar-refractivity contribution in [3.63, 3.8) is 0 Å². The Balaban J connectivity index is 1.92. The van der Waals surface area contributed by atoms with Gasteiger partial charge in [0.2, 0.25) is 0 Å². The van der Waals surface area contributed by atoms with Crippen molar-refractivity contribution in [1.82, 2.24) is 4.90 Å². The fourth-order valence-corrected chi connectivity index (χ4v) is 3.13. The topological polar surface area (TPSA) is 29.3 Å². The zero-order valence-corrected chi connectivity index (χ0v) is 12.2. The molecule has 1 aliphatic carbocycles. The van der Waals surface area contributed by atoms with Crippen LogP contribution in [0, 0.1) is 17.2 Å². The quantitative estimate of drug-likeness (QED) is 0.905. The Morgan fingerprint density at radius 2 is 2.05 bits per heavy atom. The summed E-state index contributed by atoms with van der Waals surface area (Å²) in [5.41, 5.74) is 7.33. The number of nitrogens with two attached hydrogens (primary N) is 1. The minimum atomic E-state index is -0.120. The molecule has 2 unspecified atom stereocenters. The smallest absolute Gasteiger partial charge is 0.127 e. The second kappa shape index (κ2) is 5.59. The minimum Gasteiger partial charge on any atom is -0.327 e. The molecular formula is C16H25FN2. The van der Waals surface area contributed by atoms with Crippen molar-refractivity contribution in [3.8, 4) is 0 Å². The largest absolute Gasteiger partial charge is 0.327 e. The molecule has 1 aromatic carbocycles. The molecule has 1 aromatic rings. The van der Waals surface area contributed by atoms with Crippen LogP contribution in [0.5, 0.6) is 0 Å². The number of benzene rings is 1. The van der Waals surface area contributed by atoms with E-state index in [1.807, 2.05) is 19.2 Å². The molecule has 1 aliphatic rings. The molecule has 0 heterocycles. The maximum Gasteiger partial charge on any atom is 0.127 e. The van der Waals surface area contributed by atoms with Crippen LogP contribution in [-0.4, -0.2) is 24.5 Å². The van der Waals surface area contributed by atoms with E-state index in [0.717, 1.165) is 12.1 Å². The molecule has 2 N–H and O–H groups in total. The summed E-state index contributed by atoms with van der Waals surface area (Å²) in [6.07, 6.45) is 2.36. The number of hydrogen-bond donors (Lipinski definition) is 1. The van der Waals surface area contributed by atoms with Crippen LogP contribution in [0.4, 0.5) is 4.39 Å². The van der Waals surface area contributed by atoms with Gasteiger partial charge in [0.1, 0.15) is 5.82 Å². The molecule has 1 saturated carbocycles. The molecule has 3 heteroatoms. The fourth-order valence-electron chi connectivity index (χ4n) is 3.13. The molecule has 0 aromatic heterocycles. The first-order valence-electron chi connectivity index (χ1n) is 7.07. The van der Waals surface area contributed by atoms with Gasteiger partial charge in [0, 0.05) is 24.7 Å². The number of nitrogens with zero attached hydrogens (tertiary/aromatic N) is 1. The van der Waals surface area contributed by atoms with Gasteiger partial charge in [-0.15, -0.1) is 0 Å². The van der Waals surface area contributed by atoms with Crippen molar-refractivity contribution < 1.29 is 4.39 Å². The molecular weight excluding hydrogens is 239 g/mol. The van der Waals surface area contributed by atoms with E-state index in [-0.39, 0.29) is 17.3 Å². The molecule has 19 heavy (non-hydrogen) atoms. The van der Waals surface area contributed by atoms with Crippen LogP contribution in [-0.2, 0) is 6.54 Å². The lowest BCUT2D eigenvalue weighted by molar-refractivity contribution is 0.227. The fraction of sp³-hybridized carbons (Fsp3) is 0.625. The third kappa shape index (κ3) is 3.34. The molecule has 2 rings (SSSR count). The average Bonchev–Trinajstić information content (AvgIpc) is 2.59. The molecule has 0 spiro atoms. The van der Waals surface area contributed by atoms with Crippen molar-refractivity contribution in [2.75, 3.05) is 13.6 Å². The van der Waals surface area contributed by atoms with Crippen LogP contribution < -0.4 is 5.73 Å². The van der Waals surface area contributed by atoms with Gasteiger partial charge in [0.25, 0.3) is 0 Å². The summed E-state index contributed by atoms with van der Waals surface area (Å²) < 4.78 is 13.6. The number of hydrogen-bond acceptors (Lipinski definition) is 2. The standard InChI is InChI=1S/C16H25FN2/c1-16(2)9-8-13(15(16)18)11-19(3)10-12-6-4-5-7-14(12)17/h4-7,13,15H,8-11,18H2,1-3H3. The molecule has 1 fully saturated rings. The van der Waals surface area contributed by atoms with Gasteiger partial charge in [-0.1, -0.05) is 32.0 Å². The number of halogens is 1. The zero-order chi connectivity index (χ0) is 14.0. The van der Waals surface area contributed by atoms with Gasteiger partial charge >= 0.3 is 0 Å². The average molecular weight is 264 g/mol. The van der Waals surface area contributed by atoms with Crippen LogP contribution in [0.15, 0.2) is 24.3 Å². The molecule has 106 valence electrons. The lowest BCUT2D eigenvalue weighted by Gasteiger charge is -2.29. The van der Waals surface area contributed by atoms with Crippen LogP contribution in [0.3, 0.4) is 0 Å². The van der Waals surface area contributed by atoms with E-state index in [0.29, 0.717) is 12.5 Å². The van der Waals surface area contributed by atoms with Crippen LogP contribution >= 0.6 is 0 Å². The molecule has 2 atom stereocenters. The Labute approximate surface area is 115 Å². The van der Waals surface area contributed by atoms with E-state index in [9.17, 15) is 4.39 Å². The summed E-state index contributed by atoms with van der Waals surface area (Å²) in [4.78, 5) is 2.18. The van der Waals surface area contributed by atoms with Crippen LogP contribution in [0.1, 0.15) is 32.3 Å². The van der Waals surface area contributed by atoms with Gasteiger partial charge in [0.15, 0.2) is 0 Å². The maximum atomic E-state index is 13.6. The molecule has 0 saturated heterocycles. The summed E-state index contributed by atoms with van der Waals surface area (Å²) in [5, 5.41) is 0. The third-order valence-corrected chi connectivity index (χ3v) is 4.51. The van der Waals surface area contributed by atoms with E-state index in [1.54, 1.807) is 6.07 Å². The van der Waals surface area contributed by atoms with Gasteiger partial charge in [-0.05, 0) is 37.3 Å². The van der Waals surface area contributed by atoms with Crippen molar-refractivity contribution in [2.45, 2.75) is 39.3 Å². The Morgan fingerprint density at radius 1 is 1.37 bits per heavy atom. The second-order valence-corrected chi connectivity index (χ2v) is 6.60. The van der Waals surface area contributed by atoms with E-state index in [4.69, 9.17) is 5.73 Å². The molecule has 0 bridgehead atoms. The molecule has 0 amide bonds. The lowest BCUT2D eigenvalue weighted by atomic mass is 9.85. The Hall–Kier alpha value is -0.930. The van der Waals surface area contributed by atoms with E-state index < -0.39 is 0 Å². The van der Waals surface area contributed by atoms with E-state index >= 15 is 0 Å². The summed E-state index contributed by atoms with van der Waals surface area (Å²) in [6.45, 7) is 6.08. The Bertz CT molecular complexity index is 431. The third-order valence-electron chi connectivity index (χ3n) is 4.51. The van der Waals surface area contributed by atoms with Crippen molar-refractivity contribution in [2.24, 2.45) is 17.1 Å². The van der Waals surface area contributed by atoms with Gasteiger partial charge in [-0.25, -0.2) is 4.39 Å². The van der Waals surface area contributed by atoms with Crippen LogP contribution in [0.25, 0.3) is 0 Å². The zero-order valence-electron chi connectivity index (χ0n) is 12.2. The summed E-state index contributed by atoms with van der Waals surface area (Å²) in [7, 11) is 2.05. The number of rotatable bonds is 4. The summed E-state index contributed by atoms with van der Waals surface area (Å²) in [6, 6.07) is 7.23. The summed E-state index contributed by atoms with van der Waals surface area (Å²) in [5.74, 6) is 0.400. The molecule has 0 radical (unpaired) electrons. The van der Waals surface area contributed by atoms with Gasteiger partial charge in [-0.2, -0.15) is 0 Å².